The summed E-state index contributed by atoms with van der Waals surface area (Å²) >= 11 is 2.12. The van der Waals surface area contributed by atoms with Crippen molar-refractivity contribution < 1.29 is 14.6 Å². The largest absolute Gasteiger partial charge is 0.508 e. The van der Waals surface area contributed by atoms with Crippen molar-refractivity contribution in [1.29, 1.82) is 0 Å². The first-order valence-corrected chi connectivity index (χ1v) is 6.14. The summed E-state index contributed by atoms with van der Waals surface area (Å²) in [5, 5.41) is 9.34. The molecule has 1 unspecified atom stereocenters. The number of carbonyl (C=O) groups is 1. The third kappa shape index (κ3) is 3.93. The molecule has 0 aromatic heterocycles. The van der Waals surface area contributed by atoms with Crippen molar-refractivity contribution >= 4 is 28.6 Å². The fourth-order valence-corrected chi connectivity index (χ4v) is 2.34. The Labute approximate surface area is 114 Å². The summed E-state index contributed by atoms with van der Waals surface area (Å²) in [5.41, 5.74) is 0.933. The number of halogens is 1. The second-order valence-electron chi connectivity index (χ2n) is 3.43. The van der Waals surface area contributed by atoms with Crippen LogP contribution in [0.15, 0.2) is 18.2 Å². The molecule has 0 radical (unpaired) electrons. The lowest BCUT2D eigenvalue weighted by molar-refractivity contribution is -0.140. The van der Waals surface area contributed by atoms with Crippen molar-refractivity contribution in [1.82, 2.24) is 0 Å². The minimum absolute atomic E-state index is 0.194. The van der Waals surface area contributed by atoms with Gasteiger partial charge in [0.2, 0.25) is 0 Å². The van der Waals surface area contributed by atoms with Crippen LogP contribution in [0.4, 0.5) is 0 Å². The lowest BCUT2D eigenvalue weighted by atomic mass is 9.96. The summed E-state index contributed by atoms with van der Waals surface area (Å²) < 4.78 is 5.54. The normalized spacial score (nSPS) is 11.2. The second kappa shape index (κ2) is 6.50. The maximum absolute atomic E-state index is 11.3. The molecule has 1 atom stereocenters. The number of rotatable bonds is 3. The highest BCUT2D eigenvalue weighted by Crippen LogP contribution is 2.27. The van der Waals surface area contributed by atoms with Gasteiger partial charge >= 0.3 is 5.97 Å². The van der Waals surface area contributed by atoms with Crippen LogP contribution in [-0.4, -0.2) is 18.2 Å². The van der Waals surface area contributed by atoms with Crippen LogP contribution >= 0.6 is 22.6 Å². The summed E-state index contributed by atoms with van der Waals surface area (Å²) in [4.78, 5) is 11.3. The number of phenolic OH excluding ortho intramolecular Hbond substituents is 1. The Hall–Kier alpha value is -1.22. The Balaban J connectivity index is 3.04. The summed E-state index contributed by atoms with van der Waals surface area (Å²) in [6.45, 7) is 1.73. The van der Waals surface area contributed by atoms with E-state index in [0.29, 0.717) is 0 Å². The van der Waals surface area contributed by atoms with Crippen LogP contribution < -0.4 is 0 Å². The summed E-state index contributed by atoms with van der Waals surface area (Å²) in [7, 11) is 1.36. The third-order valence-electron chi connectivity index (χ3n) is 2.28. The lowest BCUT2D eigenvalue weighted by Crippen LogP contribution is -2.08. The van der Waals surface area contributed by atoms with E-state index in [1.54, 1.807) is 25.1 Å². The molecule has 1 rings (SSSR count). The highest BCUT2D eigenvalue weighted by atomic mass is 127. The molecule has 0 aliphatic rings. The quantitative estimate of drug-likeness (QED) is 0.521. The molecule has 0 amide bonds. The summed E-state index contributed by atoms with van der Waals surface area (Å²) in [6.07, 6.45) is 0.220. The molecule has 17 heavy (non-hydrogen) atoms. The third-order valence-corrected chi connectivity index (χ3v) is 3.21. The molecule has 0 aliphatic heterocycles. The Morgan fingerprint density at radius 2 is 2.29 bits per heavy atom. The fraction of sp³-hybridized carbons (Fsp3) is 0.308. The molecule has 4 heteroatoms. The van der Waals surface area contributed by atoms with Crippen LogP contribution in [0.1, 0.15) is 24.8 Å². The van der Waals surface area contributed by atoms with E-state index in [0.717, 1.165) is 9.13 Å². The molecule has 0 saturated carbocycles. The summed E-state index contributed by atoms with van der Waals surface area (Å²) in [6, 6.07) is 5.03. The minimum atomic E-state index is -0.290. The van der Waals surface area contributed by atoms with Crippen molar-refractivity contribution in [2.75, 3.05) is 7.11 Å². The molecule has 0 fully saturated rings. The Kier molecular flexibility index (Phi) is 5.29. The lowest BCUT2D eigenvalue weighted by Gasteiger charge is -2.12. The van der Waals surface area contributed by atoms with Crippen molar-refractivity contribution in [2.45, 2.75) is 19.3 Å². The molecule has 0 aliphatic carbocycles. The first-order valence-electron chi connectivity index (χ1n) is 5.06. The van der Waals surface area contributed by atoms with E-state index in [1.165, 1.54) is 7.11 Å². The number of methoxy groups -OCH3 is 1. The molecule has 1 N–H and O–H groups in total. The van der Waals surface area contributed by atoms with Crippen molar-refractivity contribution in [3.8, 4) is 17.6 Å². The molecular formula is C13H13IO3. The zero-order valence-corrected chi connectivity index (χ0v) is 11.8. The van der Waals surface area contributed by atoms with Crippen LogP contribution in [0.5, 0.6) is 5.75 Å². The van der Waals surface area contributed by atoms with Crippen LogP contribution in [0, 0.1) is 15.4 Å². The number of carbonyl (C=O) groups excluding carboxylic acids is 1. The Morgan fingerprint density at radius 1 is 1.59 bits per heavy atom. The van der Waals surface area contributed by atoms with Crippen LogP contribution in [0.25, 0.3) is 0 Å². The SMILES string of the molecule is CC#CC(CC(=O)OC)c1ccc(O)cc1I. The van der Waals surface area contributed by atoms with E-state index >= 15 is 0 Å². The number of hydrogen-bond acceptors (Lipinski definition) is 3. The first kappa shape index (κ1) is 13.8. The smallest absolute Gasteiger partial charge is 0.307 e. The van der Waals surface area contributed by atoms with Gasteiger partial charge in [0.1, 0.15) is 5.75 Å². The molecule has 0 spiro atoms. The molecule has 1 aromatic carbocycles. The predicted molar refractivity (Wildman–Crippen MR) is 73.6 cm³/mol. The zero-order valence-electron chi connectivity index (χ0n) is 9.66. The van der Waals surface area contributed by atoms with Gasteiger partial charge in [-0.25, -0.2) is 0 Å². The predicted octanol–water partition coefficient (Wildman–Crippen LogP) is 2.67. The van der Waals surface area contributed by atoms with Gasteiger partial charge in [-0.2, -0.15) is 0 Å². The maximum Gasteiger partial charge on any atom is 0.307 e. The van der Waals surface area contributed by atoms with Gasteiger partial charge in [0.05, 0.1) is 19.4 Å². The zero-order chi connectivity index (χ0) is 12.8. The Bertz CT molecular complexity index is 471. The number of benzene rings is 1. The van der Waals surface area contributed by atoms with Crippen LogP contribution in [0.2, 0.25) is 0 Å². The number of esters is 1. The van der Waals surface area contributed by atoms with Gasteiger partial charge in [-0.05, 0) is 47.2 Å². The van der Waals surface area contributed by atoms with Crippen molar-refractivity contribution in [2.24, 2.45) is 0 Å². The molecule has 1 aromatic rings. The van der Waals surface area contributed by atoms with Crippen LogP contribution in [-0.2, 0) is 9.53 Å². The van der Waals surface area contributed by atoms with E-state index in [2.05, 4.69) is 39.2 Å². The highest BCUT2D eigenvalue weighted by Gasteiger charge is 2.16. The van der Waals surface area contributed by atoms with E-state index in [9.17, 15) is 9.90 Å². The van der Waals surface area contributed by atoms with Gasteiger partial charge in [-0.1, -0.05) is 12.0 Å². The van der Waals surface area contributed by atoms with Gasteiger partial charge < -0.3 is 9.84 Å². The monoisotopic (exact) mass is 344 g/mol. The number of phenols is 1. The molecule has 3 nitrogen and oxygen atoms in total. The van der Waals surface area contributed by atoms with E-state index in [1.807, 2.05) is 0 Å². The summed E-state index contributed by atoms with van der Waals surface area (Å²) in [5.74, 6) is 5.52. The minimum Gasteiger partial charge on any atom is -0.508 e. The van der Waals surface area contributed by atoms with Gasteiger partial charge in [0.15, 0.2) is 0 Å². The molecule has 0 bridgehead atoms. The highest BCUT2D eigenvalue weighted by molar-refractivity contribution is 14.1. The molecule has 0 saturated heterocycles. The van der Waals surface area contributed by atoms with E-state index < -0.39 is 0 Å². The van der Waals surface area contributed by atoms with Crippen LogP contribution in [0.3, 0.4) is 0 Å². The van der Waals surface area contributed by atoms with E-state index in [4.69, 9.17) is 0 Å². The number of hydrogen-bond donors (Lipinski definition) is 1. The number of aromatic hydroxyl groups is 1. The van der Waals surface area contributed by atoms with Gasteiger partial charge in [0.25, 0.3) is 0 Å². The van der Waals surface area contributed by atoms with Crippen molar-refractivity contribution in [3.63, 3.8) is 0 Å². The van der Waals surface area contributed by atoms with E-state index in [-0.39, 0.29) is 24.1 Å². The molecule has 0 heterocycles. The Morgan fingerprint density at radius 3 is 2.82 bits per heavy atom. The second-order valence-corrected chi connectivity index (χ2v) is 4.60. The van der Waals surface area contributed by atoms with Gasteiger partial charge in [-0.15, -0.1) is 5.92 Å². The first-order chi connectivity index (χ1) is 8.08. The topological polar surface area (TPSA) is 46.5 Å². The van der Waals surface area contributed by atoms with Gasteiger partial charge in [0, 0.05) is 3.57 Å². The average Bonchev–Trinajstić information content (AvgIpc) is 2.28. The fourth-order valence-electron chi connectivity index (χ4n) is 1.46. The standard InChI is InChI=1S/C13H13IO3/c1-3-4-9(7-13(16)17-2)11-6-5-10(15)8-12(11)14/h5-6,8-9,15H,7H2,1-2H3. The van der Waals surface area contributed by atoms with Crippen molar-refractivity contribution in [3.05, 3.63) is 27.3 Å². The maximum atomic E-state index is 11.3. The molecule has 90 valence electrons. The molecular weight excluding hydrogens is 331 g/mol. The van der Waals surface area contributed by atoms with Gasteiger partial charge in [-0.3, -0.25) is 4.79 Å². The average molecular weight is 344 g/mol. The number of ether oxygens (including phenoxy) is 1.